The molecule has 1 atom stereocenters. The molecule has 3 rings (SSSR count). The van der Waals surface area contributed by atoms with Gasteiger partial charge in [-0.05, 0) is 24.6 Å². The van der Waals surface area contributed by atoms with Crippen LogP contribution in [0.3, 0.4) is 0 Å². The molecular formula is C17H17ClF2N4O2. The number of carbonyl (C=O) groups is 1. The van der Waals surface area contributed by atoms with Gasteiger partial charge in [-0.3, -0.25) is 4.79 Å². The Kier molecular flexibility index (Phi) is 5.82. The summed E-state index contributed by atoms with van der Waals surface area (Å²) in [6, 6.07) is 6.38. The minimum atomic E-state index is -2.57. The highest BCUT2D eigenvalue weighted by Crippen LogP contribution is 2.25. The topological polar surface area (TPSA) is 67.4 Å². The number of hydrogen-bond acceptors (Lipinski definition) is 5. The van der Waals surface area contributed by atoms with Crippen LogP contribution in [0.4, 0.5) is 14.6 Å². The maximum absolute atomic E-state index is 12.3. The Morgan fingerprint density at radius 2 is 2.23 bits per heavy atom. The van der Waals surface area contributed by atoms with Crippen molar-refractivity contribution in [2.24, 2.45) is 0 Å². The summed E-state index contributed by atoms with van der Waals surface area (Å²) in [5, 5.41) is 3.50. The van der Waals surface area contributed by atoms with Gasteiger partial charge in [0.05, 0.1) is 10.6 Å². The Labute approximate surface area is 154 Å². The zero-order valence-corrected chi connectivity index (χ0v) is 14.5. The number of pyridine rings is 2. The number of nitrogens with zero attached hydrogens (tertiary/aromatic N) is 3. The molecule has 26 heavy (non-hydrogen) atoms. The molecule has 1 saturated heterocycles. The number of halogens is 3. The van der Waals surface area contributed by atoms with E-state index in [1.54, 1.807) is 18.3 Å². The second-order valence-electron chi connectivity index (χ2n) is 5.80. The summed E-state index contributed by atoms with van der Waals surface area (Å²) in [6.45, 7) is 0.609. The maximum atomic E-state index is 12.3. The molecule has 0 aromatic carbocycles. The van der Waals surface area contributed by atoms with Gasteiger partial charge < -0.3 is 15.0 Å². The molecule has 6 nitrogen and oxygen atoms in total. The van der Waals surface area contributed by atoms with Crippen molar-refractivity contribution in [3.8, 4) is 5.88 Å². The van der Waals surface area contributed by atoms with Crippen LogP contribution >= 0.6 is 11.6 Å². The van der Waals surface area contributed by atoms with E-state index in [2.05, 4.69) is 15.3 Å². The van der Waals surface area contributed by atoms with Gasteiger partial charge >= 0.3 is 0 Å². The van der Waals surface area contributed by atoms with Crippen LogP contribution in [-0.2, 0) is 0 Å². The summed E-state index contributed by atoms with van der Waals surface area (Å²) in [7, 11) is 0. The van der Waals surface area contributed by atoms with Gasteiger partial charge in [0.2, 0.25) is 5.88 Å². The first-order chi connectivity index (χ1) is 12.5. The number of aromatic nitrogens is 2. The minimum absolute atomic E-state index is 0.0460. The van der Waals surface area contributed by atoms with E-state index in [0.717, 1.165) is 13.0 Å². The van der Waals surface area contributed by atoms with Crippen molar-refractivity contribution in [3.05, 3.63) is 47.2 Å². The van der Waals surface area contributed by atoms with Gasteiger partial charge in [0.1, 0.15) is 5.82 Å². The Morgan fingerprint density at radius 1 is 1.38 bits per heavy atom. The zero-order valence-electron chi connectivity index (χ0n) is 13.7. The number of anilines is 1. The number of alkyl halides is 2. The normalized spacial score (nSPS) is 16.8. The van der Waals surface area contributed by atoms with Gasteiger partial charge in [-0.25, -0.2) is 18.7 Å². The first-order valence-electron chi connectivity index (χ1n) is 8.06. The fourth-order valence-corrected chi connectivity index (χ4v) is 2.94. The van der Waals surface area contributed by atoms with Crippen LogP contribution < -0.4 is 15.0 Å². The van der Waals surface area contributed by atoms with Gasteiger partial charge in [-0.1, -0.05) is 11.6 Å². The van der Waals surface area contributed by atoms with Crippen LogP contribution in [0.15, 0.2) is 36.7 Å². The van der Waals surface area contributed by atoms with Crippen molar-refractivity contribution >= 4 is 23.3 Å². The van der Waals surface area contributed by atoms with Crippen molar-refractivity contribution in [2.75, 3.05) is 24.6 Å². The molecule has 1 fully saturated rings. The van der Waals surface area contributed by atoms with Gasteiger partial charge in [0.25, 0.3) is 12.3 Å². The van der Waals surface area contributed by atoms with Gasteiger partial charge in [0, 0.05) is 37.6 Å². The molecule has 0 spiro atoms. The van der Waals surface area contributed by atoms with Crippen LogP contribution in [0.25, 0.3) is 0 Å². The van der Waals surface area contributed by atoms with Crippen LogP contribution in [0.5, 0.6) is 5.88 Å². The molecule has 2 aromatic heterocycles. The lowest BCUT2D eigenvalue weighted by atomic mass is 10.2. The third-order valence-corrected chi connectivity index (χ3v) is 4.21. The van der Waals surface area contributed by atoms with Crippen LogP contribution in [0, 0.1) is 0 Å². The Bertz CT molecular complexity index is 761. The first-order valence-corrected chi connectivity index (χ1v) is 8.44. The number of amides is 1. The predicted octanol–water partition coefficient (Wildman–Crippen LogP) is 2.78. The van der Waals surface area contributed by atoms with Crippen molar-refractivity contribution in [1.82, 2.24) is 15.3 Å². The number of ether oxygens (including phenoxy) is 1. The van der Waals surface area contributed by atoms with Crippen molar-refractivity contribution in [2.45, 2.75) is 18.9 Å². The van der Waals surface area contributed by atoms with E-state index in [9.17, 15) is 13.6 Å². The Morgan fingerprint density at radius 3 is 2.92 bits per heavy atom. The quantitative estimate of drug-likeness (QED) is 0.832. The SMILES string of the molecule is O=C(NC1CCN(c2ncccc2Cl)C1)c1ccc(OCC(F)F)nc1. The molecule has 1 unspecified atom stereocenters. The monoisotopic (exact) mass is 382 g/mol. The highest BCUT2D eigenvalue weighted by Gasteiger charge is 2.26. The molecule has 1 aliphatic rings. The lowest BCUT2D eigenvalue weighted by molar-refractivity contribution is 0.0794. The van der Waals surface area contributed by atoms with Crippen molar-refractivity contribution in [1.29, 1.82) is 0 Å². The molecule has 1 N–H and O–H groups in total. The second-order valence-corrected chi connectivity index (χ2v) is 6.21. The standard InChI is InChI=1S/C17H17ClF2N4O2/c18-13-2-1-6-21-16(13)24-7-5-12(9-24)23-17(25)11-3-4-15(22-8-11)26-10-14(19)20/h1-4,6,8,12,14H,5,7,9-10H2,(H,23,25). The molecule has 1 amide bonds. The smallest absolute Gasteiger partial charge is 0.272 e. The summed E-state index contributed by atoms with van der Waals surface area (Å²) < 4.78 is 29.0. The Hall–Kier alpha value is -2.48. The Balaban J connectivity index is 1.55. The molecule has 0 bridgehead atoms. The molecule has 2 aromatic rings. The van der Waals surface area contributed by atoms with E-state index in [1.165, 1.54) is 18.3 Å². The second kappa shape index (κ2) is 8.27. The highest BCUT2D eigenvalue weighted by molar-refractivity contribution is 6.32. The van der Waals surface area contributed by atoms with E-state index >= 15 is 0 Å². The summed E-state index contributed by atoms with van der Waals surface area (Å²) in [5.74, 6) is 0.476. The number of nitrogens with one attached hydrogen (secondary N) is 1. The van der Waals surface area contributed by atoms with E-state index in [1.807, 2.05) is 4.90 Å². The molecule has 1 aliphatic heterocycles. The van der Waals surface area contributed by atoms with Crippen LogP contribution in [-0.4, -0.2) is 48.0 Å². The van der Waals surface area contributed by atoms with Gasteiger partial charge in [-0.15, -0.1) is 0 Å². The third-order valence-electron chi connectivity index (χ3n) is 3.92. The molecular weight excluding hydrogens is 366 g/mol. The molecule has 0 radical (unpaired) electrons. The third kappa shape index (κ3) is 4.57. The molecule has 138 valence electrons. The summed E-state index contributed by atoms with van der Waals surface area (Å²) in [4.78, 5) is 22.5. The molecule has 0 aliphatic carbocycles. The number of hydrogen-bond donors (Lipinski definition) is 1. The summed E-state index contributed by atoms with van der Waals surface area (Å²) >= 11 is 6.16. The lowest BCUT2D eigenvalue weighted by Gasteiger charge is -2.19. The van der Waals surface area contributed by atoms with E-state index < -0.39 is 13.0 Å². The van der Waals surface area contributed by atoms with E-state index in [4.69, 9.17) is 16.3 Å². The van der Waals surface area contributed by atoms with E-state index in [0.29, 0.717) is 22.9 Å². The van der Waals surface area contributed by atoms with Gasteiger partial charge in [0.15, 0.2) is 6.61 Å². The van der Waals surface area contributed by atoms with E-state index in [-0.39, 0.29) is 17.8 Å². The fraction of sp³-hybridized carbons (Fsp3) is 0.353. The molecule has 9 heteroatoms. The zero-order chi connectivity index (χ0) is 18.5. The average Bonchev–Trinajstić information content (AvgIpc) is 3.09. The predicted molar refractivity (Wildman–Crippen MR) is 93.1 cm³/mol. The maximum Gasteiger partial charge on any atom is 0.272 e. The van der Waals surface area contributed by atoms with Crippen molar-refractivity contribution < 1.29 is 18.3 Å². The number of rotatable bonds is 6. The average molecular weight is 383 g/mol. The van der Waals surface area contributed by atoms with Crippen molar-refractivity contribution in [3.63, 3.8) is 0 Å². The minimum Gasteiger partial charge on any atom is -0.472 e. The van der Waals surface area contributed by atoms with Crippen LogP contribution in [0.2, 0.25) is 5.02 Å². The van der Waals surface area contributed by atoms with Gasteiger partial charge in [-0.2, -0.15) is 0 Å². The first kappa shape index (κ1) is 18.3. The van der Waals surface area contributed by atoms with Crippen LogP contribution in [0.1, 0.15) is 16.8 Å². The molecule has 0 saturated carbocycles. The lowest BCUT2D eigenvalue weighted by Crippen LogP contribution is -2.37. The summed E-state index contributed by atoms with van der Waals surface area (Å²) in [6.07, 6.45) is 1.18. The largest absolute Gasteiger partial charge is 0.472 e. The molecule has 3 heterocycles. The fourth-order valence-electron chi connectivity index (χ4n) is 2.70. The summed E-state index contributed by atoms with van der Waals surface area (Å²) in [5.41, 5.74) is 0.337. The number of carbonyl (C=O) groups excluding carboxylic acids is 1. The highest BCUT2D eigenvalue weighted by atomic mass is 35.5.